The summed E-state index contributed by atoms with van der Waals surface area (Å²) in [6.45, 7) is 0. The van der Waals surface area contributed by atoms with Crippen molar-refractivity contribution in [3.63, 3.8) is 0 Å². The normalized spacial score (nSPS) is 11.8. The van der Waals surface area contributed by atoms with Crippen molar-refractivity contribution in [3.8, 4) is 22.3 Å². The first kappa shape index (κ1) is 30.9. The van der Waals surface area contributed by atoms with Crippen LogP contribution in [0, 0.1) is 0 Å². The van der Waals surface area contributed by atoms with Gasteiger partial charge in [0.15, 0.2) is 0 Å². The third kappa shape index (κ3) is 7.15. The van der Waals surface area contributed by atoms with Crippen LogP contribution < -0.4 is 0 Å². The average Bonchev–Trinajstić information content (AvgIpc) is 3.03. The van der Waals surface area contributed by atoms with Gasteiger partial charge in [0.2, 0.25) is 0 Å². The number of carboxylic acids is 4. The molecular formula is C38H26O8. The second kappa shape index (κ2) is 13.4. The fourth-order valence-corrected chi connectivity index (χ4v) is 5.45. The van der Waals surface area contributed by atoms with Crippen molar-refractivity contribution in [3.05, 3.63) is 131 Å². The van der Waals surface area contributed by atoms with Gasteiger partial charge < -0.3 is 20.4 Å². The van der Waals surface area contributed by atoms with E-state index in [4.69, 9.17) is 0 Å². The molecule has 0 amide bonds. The van der Waals surface area contributed by atoms with Crippen LogP contribution in [0.2, 0.25) is 0 Å². The summed E-state index contributed by atoms with van der Waals surface area (Å²) >= 11 is 0. The van der Waals surface area contributed by atoms with Crippen molar-refractivity contribution >= 4 is 69.7 Å². The van der Waals surface area contributed by atoms with Gasteiger partial charge in [-0.2, -0.15) is 0 Å². The number of fused-ring (bicyclic) bond motifs is 2. The standard InChI is InChI=1S/C38H26O8/c39-33(40)13-9-23-17-24(10-14-34(41)42)20-27(19-23)37-29-5-1-2-6-30(29)38(32-8-4-3-7-31(32)37)28-21-25(11-15-35(43)44)18-26(22-28)12-16-36(45)46/h1-22H,(H,39,40)(H,41,42)(H,43,44)(H,45,46). The van der Waals surface area contributed by atoms with E-state index in [0.29, 0.717) is 22.3 Å². The minimum Gasteiger partial charge on any atom is -0.478 e. The summed E-state index contributed by atoms with van der Waals surface area (Å²) in [4.78, 5) is 45.2. The molecule has 0 saturated heterocycles. The quantitative estimate of drug-likeness (QED) is 0.0928. The second-order valence-corrected chi connectivity index (χ2v) is 10.3. The van der Waals surface area contributed by atoms with E-state index in [2.05, 4.69) is 0 Å². The van der Waals surface area contributed by atoms with Gasteiger partial charge in [-0.05, 0) is 127 Å². The molecule has 226 valence electrons. The number of aliphatic carboxylic acids is 4. The topological polar surface area (TPSA) is 149 Å². The minimum atomic E-state index is -1.12. The van der Waals surface area contributed by atoms with Crippen LogP contribution in [-0.4, -0.2) is 44.3 Å². The van der Waals surface area contributed by atoms with Crippen molar-refractivity contribution in [2.24, 2.45) is 0 Å². The largest absolute Gasteiger partial charge is 0.478 e. The zero-order valence-electron chi connectivity index (χ0n) is 24.1. The lowest BCUT2D eigenvalue weighted by molar-refractivity contribution is -0.132. The molecule has 8 heteroatoms. The molecule has 0 spiro atoms. The molecule has 0 atom stereocenters. The van der Waals surface area contributed by atoms with Gasteiger partial charge in [0.05, 0.1) is 0 Å². The molecule has 0 heterocycles. The summed E-state index contributed by atoms with van der Waals surface area (Å²) in [6, 6.07) is 26.2. The van der Waals surface area contributed by atoms with Crippen molar-refractivity contribution in [2.45, 2.75) is 0 Å². The SMILES string of the molecule is O=C(O)C=Cc1cc(C=CC(=O)O)cc(-c2c3ccccc3c(-c3cc(C=CC(=O)O)cc(C=CC(=O)O)c3)c3ccccc23)c1. The molecule has 0 aromatic heterocycles. The summed E-state index contributed by atoms with van der Waals surface area (Å²) < 4.78 is 0. The second-order valence-electron chi connectivity index (χ2n) is 10.3. The van der Waals surface area contributed by atoms with Gasteiger partial charge in [-0.15, -0.1) is 0 Å². The molecular weight excluding hydrogens is 584 g/mol. The molecule has 0 radical (unpaired) electrons. The zero-order chi connectivity index (χ0) is 32.8. The Balaban J connectivity index is 1.86. The summed E-state index contributed by atoms with van der Waals surface area (Å²) in [6.07, 6.45) is 9.87. The molecule has 4 N–H and O–H groups in total. The van der Waals surface area contributed by atoms with Gasteiger partial charge in [0, 0.05) is 24.3 Å². The molecule has 0 aliphatic carbocycles. The van der Waals surface area contributed by atoms with Crippen molar-refractivity contribution in [1.82, 2.24) is 0 Å². The number of hydrogen-bond donors (Lipinski definition) is 4. The van der Waals surface area contributed by atoms with Crippen LogP contribution >= 0.6 is 0 Å². The molecule has 5 aromatic carbocycles. The van der Waals surface area contributed by atoms with Crippen molar-refractivity contribution in [1.29, 1.82) is 0 Å². The van der Waals surface area contributed by atoms with E-state index in [9.17, 15) is 39.6 Å². The maximum absolute atomic E-state index is 11.3. The Morgan fingerprint density at radius 3 is 0.848 bits per heavy atom. The Morgan fingerprint density at radius 1 is 0.391 bits per heavy atom. The van der Waals surface area contributed by atoms with Gasteiger partial charge in [-0.25, -0.2) is 19.2 Å². The first-order valence-corrected chi connectivity index (χ1v) is 14.0. The Bertz CT molecular complexity index is 1870. The molecule has 8 nitrogen and oxygen atoms in total. The molecule has 5 aromatic rings. The lowest BCUT2D eigenvalue weighted by Crippen LogP contribution is -1.94. The van der Waals surface area contributed by atoms with E-state index in [1.54, 1.807) is 12.1 Å². The van der Waals surface area contributed by atoms with Crippen LogP contribution in [0.25, 0.3) is 68.1 Å². The van der Waals surface area contributed by atoms with Crippen LogP contribution in [0.5, 0.6) is 0 Å². The van der Waals surface area contributed by atoms with E-state index in [1.807, 2.05) is 72.8 Å². The van der Waals surface area contributed by atoms with E-state index in [0.717, 1.165) is 68.1 Å². The molecule has 0 unspecified atom stereocenters. The van der Waals surface area contributed by atoms with Gasteiger partial charge in [0.1, 0.15) is 0 Å². The van der Waals surface area contributed by atoms with Crippen LogP contribution in [-0.2, 0) is 19.2 Å². The highest BCUT2D eigenvalue weighted by Gasteiger charge is 2.18. The van der Waals surface area contributed by atoms with E-state index >= 15 is 0 Å². The minimum absolute atomic E-state index is 0.565. The van der Waals surface area contributed by atoms with Crippen molar-refractivity contribution < 1.29 is 39.6 Å². The summed E-state index contributed by atoms with van der Waals surface area (Å²) in [7, 11) is 0. The van der Waals surface area contributed by atoms with Gasteiger partial charge in [-0.3, -0.25) is 0 Å². The highest BCUT2D eigenvalue weighted by molar-refractivity contribution is 6.21. The number of hydrogen-bond acceptors (Lipinski definition) is 4. The van der Waals surface area contributed by atoms with Gasteiger partial charge >= 0.3 is 23.9 Å². The maximum Gasteiger partial charge on any atom is 0.328 e. The van der Waals surface area contributed by atoms with E-state index in [1.165, 1.54) is 24.3 Å². The molecule has 0 fully saturated rings. The summed E-state index contributed by atoms with van der Waals surface area (Å²) in [5.74, 6) is -4.48. The predicted molar refractivity (Wildman–Crippen MR) is 179 cm³/mol. The highest BCUT2D eigenvalue weighted by atomic mass is 16.4. The molecule has 0 aliphatic rings. The first-order chi connectivity index (χ1) is 22.1. The Morgan fingerprint density at radius 2 is 0.630 bits per heavy atom. The molecule has 46 heavy (non-hydrogen) atoms. The molecule has 0 saturated carbocycles. The molecule has 0 bridgehead atoms. The fourth-order valence-electron chi connectivity index (χ4n) is 5.45. The molecule has 5 rings (SSSR count). The third-order valence-electron chi connectivity index (χ3n) is 7.14. The average molecular weight is 611 g/mol. The van der Waals surface area contributed by atoms with Crippen LogP contribution in [0.15, 0.2) is 109 Å². The van der Waals surface area contributed by atoms with Crippen LogP contribution in [0.4, 0.5) is 0 Å². The van der Waals surface area contributed by atoms with Crippen molar-refractivity contribution in [2.75, 3.05) is 0 Å². The fraction of sp³-hybridized carbons (Fsp3) is 0. The van der Waals surface area contributed by atoms with Crippen LogP contribution in [0.3, 0.4) is 0 Å². The lowest BCUT2D eigenvalue weighted by atomic mass is 9.84. The number of carboxylic acid groups (broad SMARTS) is 4. The Hall–Kier alpha value is -6.54. The number of carbonyl (C=O) groups is 4. The van der Waals surface area contributed by atoms with E-state index < -0.39 is 23.9 Å². The Kier molecular flexibility index (Phi) is 9.00. The zero-order valence-corrected chi connectivity index (χ0v) is 24.1. The third-order valence-corrected chi connectivity index (χ3v) is 7.14. The maximum atomic E-state index is 11.3. The molecule has 0 aliphatic heterocycles. The summed E-state index contributed by atoms with van der Waals surface area (Å²) in [5, 5.41) is 40.4. The van der Waals surface area contributed by atoms with Crippen LogP contribution in [0.1, 0.15) is 22.3 Å². The first-order valence-electron chi connectivity index (χ1n) is 14.0. The summed E-state index contributed by atoms with van der Waals surface area (Å²) in [5.41, 5.74) is 5.42. The number of benzene rings is 5. The number of rotatable bonds is 10. The van der Waals surface area contributed by atoms with Gasteiger partial charge in [-0.1, -0.05) is 48.5 Å². The highest BCUT2D eigenvalue weighted by Crippen LogP contribution is 2.44. The smallest absolute Gasteiger partial charge is 0.328 e. The monoisotopic (exact) mass is 610 g/mol. The van der Waals surface area contributed by atoms with E-state index in [-0.39, 0.29) is 0 Å². The predicted octanol–water partition coefficient (Wildman–Crippen LogP) is 7.72. The lowest BCUT2D eigenvalue weighted by Gasteiger charge is -2.19. The Labute approximate surface area is 262 Å². The van der Waals surface area contributed by atoms with Gasteiger partial charge in [0.25, 0.3) is 0 Å².